The van der Waals surface area contributed by atoms with Crippen LogP contribution < -0.4 is 5.11 Å². The summed E-state index contributed by atoms with van der Waals surface area (Å²) in [7, 11) is 0. The van der Waals surface area contributed by atoms with E-state index in [1.165, 1.54) is 18.3 Å². The molecular formula is C4H3F3O2Zn. The van der Waals surface area contributed by atoms with Crippen LogP contribution >= 0.6 is 0 Å². The zero-order chi connectivity index (χ0) is 8.78. The van der Waals surface area contributed by atoms with Crippen LogP contribution in [0, 0.1) is 0 Å². The minimum atomic E-state index is -5.19. The fourth-order valence-corrected chi connectivity index (χ4v) is 0. The van der Waals surface area contributed by atoms with Gasteiger partial charge in [-0.15, -0.1) is 0 Å². The predicted molar refractivity (Wildman–Crippen MR) is 21.3 cm³/mol. The number of aliphatic carboxylic acids is 1. The molecule has 0 N–H and O–H groups in total. The first kappa shape index (κ1) is 12.3. The van der Waals surface area contributed by atoms with Crippen molar-refractivity contribution >= 4 is 5.97 Å². The molecule has 0 heterocycles. The number of carbonyl (C=O) groups excluding carboxylic acids is 1. The molecular weight excluding hydrogens is 202 g/mol. The van der Waals surface area contributed by atoms with Crippen LogP contribution in [0.15, 0.2) is 11.2 Å². The van der Waals surface area contributed by atoms with Crippen LogP contribution in [0.2, 0.25) is 0 Å². The molecule has 0 rings (SSSR count). The van der Waals surface area contributed by atoms with Crippen molar-refractivity contribution in [3.8, 4) is 0 Å². The van der Waals surface area contributed by atoms with Gasteiger partial charge in [-0.1, -0.05) is 0 Å². The zero-order valence-corrected chi connectivity index (χ0v) is 7.91. The zero-order valence-electron chi connectivity index (χ0n) is 4.94. The molecule has 0 aliphatic carbocycles. The Morgan fingerprint density at radius 3 is 1.70 bits per heavy atom. The summed E-state index contributed by atoms with van der Waals surface area (Å²) >= 11 is 1.21. The summed E-state index contributed by atoms with van der Waals surface area (Å²) in [5.74, 6) is -3.01. The Labute approximate surface area is 65.4 Å². The van der Waals surface area contributed by atoms with E-state index in [0.717, 1.165) is 0 Å². The Morgan fingerprint density at radius 2 is 1.70 bits per heavy atom. The topological polar surface area (TPSA) is 40.1 Å². The molecule has 0 saturated heterocycles. The quantitative estimate of drug-likeness (QED) is 0.521. The fourth-order valence-electron chi connectivity index (χ4n) is 0. The van der Waals surface area contributed by atoms with E-state index >= 15 is 0 Å². The average molecular weight is 205 g/mol. The summed E-state index contributed by atoms with van der Waals surface area (Å²) < 4.78 is 33.4. The predicted octanol–water partition coefficient (Wildman–Crippen LogP) is -0.0247. The van der Waals surface area contributed by atoms with Crippen LogP contribution in [-0.4, -0.2) is 12.1 Å². The van der Waals surface area contributed by atoms with Crippen LogP contribution in [-0.2, 0) is 23.1 Å². The average Bonchev–Trinajstić information content (AvgIpc) is 1.64. The largest absolute Gasteiger partial charge is 0.542 e. The van der Waals surface area contributed by atoms with E-state index in [-0.39, 0.29) is 0 Å². The molecule has 0 saturated carbocycles. The number of hydrogen-bond donors (Lipinski definition) is 0. The van der Waals surface area contributed by atoms with Crippen molar-refractivity contribution in [2.75, 3.05) is 0 Å². The molecule has 0 amide bonds. The maximum atomic E-state index is 10.5. The van der Waals surface area contributed by atoms with Gasteiger partial charge in [0.1, 0.15) is 5.97 Å². The van der Waals surface area contributed by atoms with Gasteiger partial charge in [-0.2, -0.15) is 13.2 Å². The van der Waals surface area contributed by atoms with Crippen molar-refractivity contribution in [1.29, 1.82) is 0 Å². The second-order valence-corrected chi connectivity index (χ2v) is 2.29. The van der Waals surface area contributed by atoms with Crippen LogP contribution in [0.1, 0.15) is 0 Å². The second-order valence-electron chi connectivity index (χ2n) is 1.07. The van der Waals surface area contributed by atoms with E-state index in [1.807, 2.05) is 4.67 Å². The standard InChI is InChI=1S/C2HF3O2.C2H3.Zn/c3-2(4,5)1(6)7;1-2;/h(H,6,7);1H,2H2;/q;;+1/p-1. The molecule has 0 bridgehead atoms. The van der Waals surface area contributed by atoms with Gasteiger partial charge in [0.05, 0.1) is 0 Å². The summed E-state index contributed by atoms with van der Waals surface area (Å²) in [6, 6.07) is 0. The molecule has 2 nitrogen and oxygen atoms in total. The van der Waals surface area contributed by atoms with Crippen molar-refractivity contribution < 1.29 is 41.4 Å². The molecule has 0 aliphatic heterocycles. The van der Waals surface area contributed by atoms with Crippen LogP contribution in [0.3, 0.4) is 0 Å². The number of carboxylic acid groups (broad SMARTS) is 1. The number of halogens is 3. The number of carbonyl (C=O) groups is 1. The molecule has 0 fully saturated rings. The number of rotatable bonds is 0. The van der Waals surface area contributed by atoms with Crippen LogP contribution in [0.5, 0.6) is 0 Å². The van der Waals surface area contributed by atoms with E-state index in [4.69, 9.17) is 9.90 Å². The summed E-state index contributed by atoms with van der Waals surface area (Å²) in [6.45, 7) is 3.42. The third-order valence-corrected chi connectivity index (χ3v) is 0.231. The molecule has 10 heavy (non-hydrogen) atoms. The van der Waals surface area contributed by atoms with Crippen molar-refractivity contribution in [3.63, 3.8) is 0 Å². The fraction of sp³-hybridized carbons (Fsp3) is 0.250. The Balaban J connectivity index is 0. The van der Waals surface area contributed by atoms with Crippen molar-refractivity contribution in [2.45, 2.75) is 6.18 Å². The summed E-state index contributed by atoms with van der Waals surface area (Å²) in [4.78, 5) is 8.78. The van der Waals surface area contributed by atoms with Gasteiger partial charge in [0, 0.05) is 0 Å². The normalized spacial score (nSPS) is 9.30. The summed E-state index contributed by atoms with van der Waals surface area (Å²) in [6.07, 6.45) is -5.19. The Hall–Kier alpha value is -0.377. The van der Waals surface area contributed by atoms with E-state index in [1.54, 1.807) is 0 Å². The van der Waals surface area contributed by atoms with E-state index in [2.05, 4.69) is 6.58 Å². The molecule has 0 aliphatic rings. The second kappa shape index (κ2) is 5.41. The van der Waals surface area contributed by atoms with Gasteiger partial charge in [0.25, 0.3) is 0 Å². The third kappa shape index (κ3) is 10.6. The molecule has 0 spiro atoms. The maximum absolute atomic E-state index is 10.5. The van der Waals surface area contributed by atoms with Crippen molar-refractivity contribution in [1.82, 2.24) is 0 Å². The van der Waals surface area contributed by atoms with Crippen LogP contribution in [0.25, 0.3) is 0 Å². The van der Waals surface area contributed by atoms with E-state index < -0.39 is 12.1 Å². The number of hydrogen-bond acceptors (Lipinski definition) is 2. The first-order valence-electron chi connectivity index (χ1n) is 2.04. The van der Waals surface area contributed by atoms with Crippen molar-refractivity contribution in [2.24, 2.45) is 0 Å². The molecule has 0 unspecified atom stereocenters. The monoisotopic (exact) mass is 204 g/mol. The minimum absolute atomic E-state index is 1.21. The Morgan fingerprint density at radius 1 is 1.60 bits per heavy atom. The van der Waals surface area contributed by atoms with Gasteiger partial charge >= 0.3 is 35.7 Å². The van der Waals surface area contributed by atoms with E-state index in [9.17, 15) is 13.2 Å². The van der Waals surface area contributed by atoms with Gasteiger partial charge in [-0.25, -0.2) is 0 Å². The number of alkyl halides is 3. The molecule has 6 heteroatoms. The van der Waals surface area contributed by atoms with Gasteiger partial charge in [0.15, 0.2) is 0 Å². The van der Waals surface area contributed by atoms with E-state index in [0.29, 0.717) is 0 Å². The maximum Gasteiger partial charge on any atom is 0.430 e. The Kier molecular flexibility index (Phi) is 6.66. The minimum Gasteiger partial charge on any atom is -0.542 e. The molecule has 0 aromatic carbocycles. The molecule has 54 valence electrons. The van der Waals surface area contributed by atoms with Gasteiger partial charge < -0.3 is 9.90 Å². The van der Waals surface area contributed by atoms with Gasteiger partial charge in [0.2, 0.25) is 0 Å². The molecule has 0 aromatic rings. The Bertz CT molecular complexity index is 120. The van der Waals surface area contributed by atoms with Crippen molar-refractivity contribution in [3.05, 3.63) is 11.2 Å². The first-order valence-corrected chi connectivity index (χ1v) is 3.75. The SMILES string of the molecule is C=[CH][Zn+].O=C([O-])C(F)(F)F. The third-order valence-electron chi connectivity index (χ3n) is 0.231. The summed E-state index contributed by atoms with van der Waals surface area (Å²) in [5, 5.41) is 8.78. The molecule has 0 atom stereocenters. The van der Waals surface area contributed by atoms with Gasteiger partial charge in [-0.05, 0) is 0 Å². The van der Waals surface area contributed by atoms with Crippen LogP contribution in [0.4, 0.5) is 13.2 Å². The molecule has 0 aromatic heterocycles. The smallest absolute Gasteiger partial charge is 0.430 e. The summed E-state index contributed by atoms with van der Waals surface area (Å²) in [5.41, 5.74) is 0. The number of carboxylic acids is 1. The first-order chi connectivity index (χ1) is 4.36. The van der Waals surface area contributed by atoms with Gasteiger partial charge in [-0.3, -0.25) is 0 Å². The molecule has 0 radical (unpaired) electrons.